The molecule has 0 radical (unpaired) electrons. The third-order valence-electron chi connectivity index (χ3n) is 3.84. The molecule has 1 aromatic carbocycles. The molecule has 0 amide bonds. The van der Waals surface area contributed by atoms with Crippen LogP contribution < -0.4 is 0 Å². The van der Waals surface area contributed by atoms with E-state index in [1.807, 2.05) is 0 Å². The van der Waals surface area contributed by atoms with Crippen molar-refractivity contribution in [1.29, 1.82) is 0 Å². The summed E-state index contributed by atoms with van der Waals surface area (Å²) in [5.41, 5.74) is 3.56. The summed E-state index contributed by atoms with van der Waals surface area (Å²) in [4.78, 5) is 11.5. The van der Waals surface area contributed by atoms with Crippen LogP contribution in [-0.4, -0.2) is 31.1 Å². The molecule has 0 spiro atoms. The van der Waals surface area contributed by atoms with Gasteiger partial charge >= 0.3 is 5.97 Å². The number of nitrogens with one attached hydrogen (secondary N) is 1. The number of nitrogens with zero attached hydrogens (tertiary/aromatic N) is 3. The van der Waals surface area contributed by atoms with Gasteiger partial charge in [0.25, 0.3) is 0 Å². The molecule has 6 nitrogen and oxygen atoms in total. The summed E-state index contributed by atoms with van der Waals surface area (Å²) in [6, 6.07) is 5.92. The van der Waals surface area contributed by atoms with E-state index in [2.05, 4.69) is 15.3 Å². The number of halogens is 1. The minimum atomic E-state index is -1.08. The van der Waals surface area contributed by atoms with E-state index in [9.17, 15) is 14.3 Å². The van der Waals surface area contributed by atoms with Crippen LogP contribution in [0.5, 0.6) is 0 Å². The quantitative estimate of drug-likeness (QED) is 0.759. The van der Waals surface area contributed by atoms with Crippen LogP contribution in [0.15, 0.2) is 30.5 Å². The Labute approximate surface area is 124 Å². The van der Waals surface area contributed by atoms with Crippen molar-refractivity contribution in [1.82, 2.24) is 20.0 Å². The highest BCUT2D eigenvalue weighted by Gasteiger charge is 2.29. The minimum absolute atomic E-state index is 0.00566. The molecular weight excluding hydrogens is 287 g/mol. The summed E-state index contributed by atoms with van der Waals surface area (Å²) >= 11 is 0. The molecule has 2 N–H and O–H groups in total. The van der Waals surface area contributed by atoms with Crippen LogP contribution in [0.1, 0.15) is 21.7 Å². The third-order valence-corrected chi connectivity index (χ3v) is 3.84. The van der Waals surface area contributed by atoms with Gasteiger partial charge in [-0.05, 0) is 31.0 Å². The van der Waals surface area contributed by atoms with Gasteiger partial charge in [0.05, 0.1) is 17.6 Å². The number of aromatic amines is 1. The topological polar surface area (TPSA) is 83.8 Å². The van der Waals surface area contributed by atoms with Gasteiger partial charge in [-0.15, -0.1) is 0 Å². The highest BCUT2D eigenvalue weighted by Crippen LogP contribution is 2.35. The van der Waals surface area contributed by atoms with Gasteiger partial charge in [0.2, 0.25) is 0 Å². The maximum Gasteiger partial charge on any atom is 0.356 e. The van der Waals surface area contributed by atoms with Gasteiger partial charge < -0.3 is 5.11 Å². The van der Waals surface area contributed by atoms with Gasteiger partial charge in [-0.25, -0.2) is 13.9 Å². The van der Waals surface area contributed by atoms with Crippen molar-refractivity contribution in [3.8, 4) is 16.9 Å². The molecule has 4 rings (SSSR count). The number of carboxylic acids is 1. The van der Waals surface area contributed by atoms with Crippen molar-refractivity contribution in [2.45, 2.75) is 12.8 Å². The number of benzene rings is 1. The van der Waals surface area contributed by atoms with Crippen molar-refractivity contribution < 1.29 is 14.3 Å². The molecule has 3 aromatic rings. The fraction of sp³-hybridized carbons (Fsp3) is 0.133. The van der Waals surface area contributed by atoms with Crippen molar-refractivity contribution in [2.75, 3.05) is 0 Å². The molecule has 0 unspecified atom stereocenters. The smallest absolute Gasteiger partial charge is 0.356 e. The molecule has 0 bridgehead atoms. The van der Waals surface area contributed by atoms with E-state index in [1.165, 1.54) is 16.8 Å². The first-order chi connectivity index (χ1) is 10.6. The lowest BCUT2D eigenvalue weighted by molar-refractivity contribution is 0.0688. The second-order valence-electron chi connectivity index (χ2n) is 5.13. The molecular formula is C15H11FN4O2. The summed E-state index contributed by atoms with van der Waals surface area (Å²) < 4.78 is 15.0. The van der Waals surface area contributed by atoms with Crippen LogP contribution in [0.25, 0.3) is 16.9 Å². The van der Waals surface area contributed by atoms with Gasteiger partial charge in [-0.1, -0.05) is 6.07 Å². The number of rotatable bonds is 2. The van der Waals surface area contributed by atoms with Gasteiger partial charge in [0.1, 0.15) is 5.82 Å². The second kappa shape index (κ2) is 4.52. The molecule has 1 aliphatic carbocycles. The highest BCUT2D eigenvalue weighted by molar-refractivity contribution is 5.90. The summed E-state index contributed by atoms with van der Waals surface area (Å²) in [7, 11) is 0. The Morgan fingerprint density at radius 3 is 3.00 bits per heavy atom. The zero-order valence-corrected chi connectivity index (χ0v) is 11.4. The number of aromatic carboxylic acids is 1. The van der Waals surface area contributed by atoms with Crippen LogP contribution in [0.2, 0.25) is 0 Å². The molecule has 0 fully saturated rings. The normalized spacial score (nSPS) is 12.8. The van der Waals surface area contributed by atoms with Gasteiger partial charge in [-0.2, -0.15) is 10.2 Å². The Morgan fingerprint density at radius 1 is 1.36 bits per heavy atom. The number of H-pyrrole nitrogens is 1. The molecule has 7 heteroatoms. The Kier molecular flexibility index (Phi) is 2.62. The molecule has 22 heavy (non-hydrogen) atoms. The summed E-state index contributed by atoms with van der Waals surface area (Å²) in [5.74, 6) is -1.49. The standard InChI is InChI=1S/C15H11FN4O2/c16-8-2-1-3-9(6-8)20-14-10(13(19-20)15(21)22)4-5-12-11(14)7-17-18-12/h1-3,6-7H,4-5H2,(H,17,18)(H,21,22). The number of hydrogen-bond donors (Lipinski definition) is 2. The number of hydrogen-bond acceptors (Lipinski definition) is 3. The van der Waals surface area contributed by atoms with Crippen molar-refractivity contribution in [3.63, 3.8) is 0 Å². The molecule has 0 atom stereocenters. The predicted octanol–water partition coefficient (Wildman–Crippen LogP) is 2.20. The average molecular weight is 298 g/mol. The third kappa shape index (κ3) is 1.75. The van der Waals surface area contributed by atoms with E-state index in [0.717, 1.165) is 11.3 Å². The van der Waals surface area contributed by atoms with Gasteiger partial charge in [0, 0.05) is 16.8 Å². The number of fused-ring (bicyclic) bond motifs is 3. The minimum Gasteiger partial charge on any atom is -0.476 e. The molecule has 1 aliphatic rings. The Bertz CT molecular complexity index is 897. The van der Waals surface area contributed by atoms with E-state index >= 15 is 0 Å². The van der Waals surface area contributed by atoms with Crippen LogP contribution >= 0.6 is 0 Å². The van der Waals surface area contributed by atoms with Crippen molar-refractivity contribution in [2.24, 2.45) is 0 Å². The molecule has 0 saturated heterocycles. The molecule has 0 saturated carbocycles. The van der Waals surface area contributed by atoms with Gasteiger partial charge in [-0.3, -0.25) is 5.10 Å². The van der Waals surface area contributed by atoms with Crippen LogP contribution in [-0.2, 0) is 12.8 Å². The maximum absolute atomic E-state index is 13.5. The van der Waals surface area contributed by atoms with E-state index in [0.29, 0.717) is 29.8 Å². The fourth-order valence-corrected chi connectivity index (χ4v) is 2.89. The van der Waals surface area contributed by atoms with E-state index in [4.69, 9.17) is 0 Å². The molecule has 0 aliphatic heterocycles. The first-order valence-electron chi connectivity index (χ1n) is 6.79. The zero-order valence-electron chi connectivity index (χ0n) is 11.4. The Balaban J connectivity index is 2.03. The zero-order chi connectivity index (χ0) is 15.3. The van der Waals surface area contributed by atoms with E-state index < -0.39 is 11.8 Å². The lowest BCUT2D eigenvalue weighted by atomic mass is 9.94. The molecule has 2 aromatic heterocycles. The summed E-state index contributed by atoms with van der Waals surface area (Å²) in [6.07, 6.45) is 2.88. The maximum atomic E-state index is 13.5. The second-order valence-corrected chi connectivity index (χ2v) is 5.13. The molecule has 110 valence electrons. The SMILES string of the molecule is O=C(O)c1nn(-c2cccc(F)c2)c2c1CCc1[nH]ncc1-2. The van der Waals surface area contributed by atoms with Crippen LogP contribution in [0.3, 0.4) is 0 Å². The Hall–Kier alpha value is -2.96. The van der Waals surface area contributed by atoms with E-state index in [1.54, 1.807) is 18.3 Å². The number of aromatic nitrogens is 4. The average Bonchev–Trinajstić information content (AvgIpc) is 3.10. The monoisotopic (exact) mass is 298 g/mol. The van der Waals surface area contributed by atoms with Gasteiger partial charge in [0.15, 0.2) is 5.69 Å². The van der Waals surface area contributed by atoms with Crippen molar-refractivity contribution >= 4 is 5.97 Å². The number of carboxylic acid groups (broad SMARTS) is 1. The molecule has 2 heterocycles. The van der Waals surface area contributed by atoms with Crippen LogP contribution in [0.4, 0.5) is 4.39 Å². The largest absolute Gasteiger partial charge is 0.476 e. The number of aryl methyl sites for hydroxylation is 1. The van der Waals surface area contributed by atoms with E-state index in [-0.39, 0.29) is 5.69 Å². The summed E-state index contributed by atoms with van der Waals surface area (Å²) in [6.45, 7) is 0. The van der Waals surface area contributed by atoms with Crippen LogP contribution in [0, 0.1) is 5.82 Å². The number of carbonyl (C=O) groups is 1. The highest BCUT2D eigenvalue weighted by atomic mass is 19.1. The predicted molar refractivity (Wildman–Crippen MR) is 75.5 cm³/mol. The lowest BCUT2D eigenvalue weighted by Crippen LogP contribution is -2.07. The lowest BCUT2D eigenvalue weighted by Gasteiger charge is -2.14. The van der Waals surface area contributed by atoms with Crippen molar-refractivity contribution in [3.05, 3.63) is 53.2 Å². The summed E-state index contributed by atoms with van der Waals surface area (Å²) in [5, 5.41) is 20.5. The Morgan fingerprint density at radius 2 is 2.23 bits per heavy atom. The first kappa shape index (κ1) is 12.8. The first-order valence-corrected chi connectivity index (χ1v) is 6.79. The fourth-order valence-electron chi connectivity index (χ4n) is 2.89.